The molecule has 1 aromatic rings. The molecule has 3 rings (SSSR count). The van der Waals surface area contributed by atoms with E-state index in [1.165, 1.54) is 12.1 Å². The van der Waals surface area contributed by atoms with Gasteiger partial charge in [-0.2, -0.15) is 0 Å². The summed E-state index contributed by atoms with van der Waals surface area (Å²) in [5.41, 5.74) is 1.25. The molecule has 0 atom stereocenters. The molecular weight excluding hydrogens is 319 g/mol. The molecule has 4 nitrogen and oxygen atoms in total. The summed E-state index contributed by atoms with van der Waals surface area (Å²) < 4.78 is 12.9. The van der Waals surface area contributed by atoms with Crippen molar-refractivity contribution in [2.24, 2.45) is 5.41 Å². The number of carbonyl (C=O) groups is 1. The number of hydrogen-bond acceptors (Lipinski definition) is 3. The second-order valence-electron chi connectivity index (χ2n) is 7.29. The lowest BCUT2D eigenvalue weighted by atomic mass is 9.72. The van der Waals surface area contributed by atoms with Gasteiger partial charge in [-0.05, 0) is 55.5 Å². The molecule has 0 bridgehead atoms. The highest BCUT2D eigenvalue weighted by Gasteiger charge is 2.40. The zero-order valence-corrected chi connectivity index (χ0v) is 14.7. The first-order chi connectivity index (χ1) is 12.1. The quantitative estimate of drug-likeness (QED) is 0.891. The molecule has 2 aliphatic heterocycles. The van der Waals surface area contributed by atoms with Crippen molar-refractivity contribution in [1.82, 2.24) is 9.80 Å². The van der Waals surface area contributed by atoms with E-state index in [0.717, 1.165) is 51.0 Å². The van der Waals surface area contributed by atoms with E-state index in [1.807, 2.05) is 11.0 Å². The first-order valence-corrected chi connectivity index (χ1v) is 9.13. The third-order valence-electron chi connectivity index (χ3n) is 5.58. The van der Waals surface area contributed by atoms with Crippen LogP contribution in [0.1, 0.15) is 31.2 Å². The molecule has 0 unspecified atom stereocenters. The van der Waals surface area contributed by atoms with E-state index in [9.17, 15) is 9.18 Å². The van der Waals surface area contributed by atoms with E-state index in [4.69, 9.17) is 5.11 Å². The van der Waals surface area contributed by atoms with Crippen LogP contribution in [-0.2, 0) is 4.79 Å². The van der Waals surface area contributed by atoms with Crippen molar-refractivity contribution in [3.63, 3.8) is 0 Å². The minimum atomic E-state index is -0.209. The molecule has 1 aromatic carbocycles. The van der Waals surface area contributed by atoms with Crippen molar-refractivity contribution < 1.29 is 14.3 Å². The topological polar surface area (TPSA) is 43.8 Å². The molecule has 2 heterocycles. The van der Waals surface area contributed by atoms with Gasteiger partial charge in [0, 0.05) is 26.1 Å². The van der Waals surface area contributed by atoms with Crippen molar-refractivity contribution in [3.05, 3.63) is 41.7 Å². The summed E-state index contributed by atoms with van der Waals surface area (Å²) >= 11 is 0. The Morgan fingerprint density at radius 2 is 1.88 bits per heavy atom. The molecular formula is C20H27FN2O2. The lowest BCUT2D eigenvalue weighted by molar-refractivity contribution is -0.139. The van der Waals surface area contributed by atoms with Crippen LogP contribution in [0.15, 0.2) is 30.3 Å². The molecule has 0 radical (unpaired) electrons. The molecule has 2 fully saturated rings. The molecule has 2 aliphatic rings. The standard InChI is InChI=1S/C20H27FN2O2/c21-18-5-3-17(4-6-18)2-1-11-22-12-9-20(10-13-22)8-7-19(25)23(16-20)14-15-24/h1-6,24H,7-16H2. The summed E-state index contributed by atoms with van der Waals surface area (Å²) in [7, 11) is 0. The Bertz CT molecular complexity index is 607. The fraction of sp³-hybridized carbons (Fsp3) is 0.550. The minimum absolute atomic E-state index is 0.0438. The van der Waals surface area contributed by atoms with Gasteiger partial charge < -0.3 is 10.0 Å². The summed E-state index contributed by atoms with van der Waals surface area (Å²) in [5.74, 6) is -0.0241. The number of β-amino-alcohol motifs (C(OH)–C–C–N with tert-alkyl or cyclic N) is 1. The zero-order chi connectivity index (χ0) is 17.7. The van der Waals surface area contributed by atoms with E-state index >= 15 is 0 Å². The van der Waals surface area contributed by atoms with Gasteiger partial charge in [0.15, 0.2) is 0 Å². The highest BCUT2D eigenvalue weighted by atomic mass is 19.1. The van der Waals surface area contributed by atoms with Gasteiger partial charge in [0.1, 0.15) is 5.82 Å². The molecule has 1 amide bonds. The fourth-order valence-electron chi connectivity index (χ4n) is 3.96. The van der Waals surface area contributed by atoms with Crippen LogP contribution in [0.2, 0.25) is 0 Å². The molecule has 0 aliphatic carbocycles. The van der Waals surface area contributed by atoms with Gasteiger partial charge in [0.05, 0.1) is 6.61 Å². The monoisotopic (exact) mass is 346 g/mol. The number of likely N-dealkylation sites (tertiary alicyclic amines) is 2. The van der Waals surface area contributed by atoms with Crippen molar-refractivity contribution in [1.29, 1.82) is 0 Å². The van der Waals surface area contributed by atoms with Crippen LogP contribution in [0.25, 0.3) is 6.08 Å². The van der Waals surface area contributed by atoms with E-state index in [0.29, 0.717) is 13.0 Å². The Morgan fingerprint density at radius 3 is 2.56 bits per heavy atom. The number of benzene rings is 1. The number of carbonyl (C=O) groups excluding carboxylic acids is 1. The lowest BCUT2D eigenvalue weighted by Crippen LogP contribution is -2.52. The van der Waals surface area contributed by atoms with E-state index in [1.54, 1.807) is 12.1 Å². The fourth-order valence-corrected chi connectivity index (χ4v) is 3.96. The normalized spacial score (nSPS) is 21.4. The van der Waals surface area contributed by atoms with E-state index in [2.05, 4.69) is 11.0 Å². The zero-order valence-electron chi connectivity index (χ0n) is 14.7. The van der Waals surface area contributed by atoms with Crippen LogP contribution in [0.3, 0.4) is 0 Å². The minimum Gasteiger partial charge on any atom is -0.395 e. The van der Waals surface area contributed by atoms with Crippen LogP contribution in [0.4, 0.5) is 4.39 Å². The largest absolute Gasteiger partial charge is 0.395 e. The van der Waals surface area contributed by atoms with Crippen molar-refractivity contribution in [2.75, 3.05) is 39.3 Å². The van der Waals surface area contributed by atoms with Crippen LogP contribution >= 0.6 is 0 Å². The van der Waals surface area contributed by atoms with Crippen LogP contribution in [0.5, 0.6) is 0 Å². The molecule has 5 heteroatoms. The van der Waals surface area contributed by atoms with Gasteiger partial charge in [-0.1, -0.05) is 24.3 Å². The van der Waals surface area contributed by atoms with Gasteiger partial charge in [-0.15, -0.1) is 0 Å². The van der Waals surface area contributed by atoms with Gasteiger partial charge in [0.2, 0.25) is 5.91 Å². The maximum Gasteiger partial charge on any atom is 0.222 e. The van der Waals surface area contributed by atoms with Crippen molar-refractivity contribution in [2.45, 2.75) is 25.7 Å². The van der Waals surface area contributed by atoms with Crippen molar-refractivity contribution in [3.8, 4) is 0 Å². The molecule has 1 N–H and O–H groups in total. The van der Waals surface area contributed by atoms with Crippen LogP contribution < -0.4 is 0 Å². The first-order valence-electron chi connectivity index (χ1n) is 9.13. The summed E-state index contributed by atoms with van der Waals surface area (Å²) in [4.78, 5) is 16.2. The van der Waals surface area contributed by atoms with Crippen molar-refractivity contribution >= 4 is 12.0 Å². The third-order valence-corrected chi connectivity index (χ3v) is 5.58. The number of nitrogens with zero attached hydrogens (tertiary/aromatic N) is 2. The Kier molecular flexibility index (Phi) is 5.86. The lowest BCUT2D eigenvalue weighted by Gasteiger charge is -2.47. The molecule has 136 valence electrons. The highest BCUT2D eigenvalue weighted by Crippen LogP contribution is 2.40. The van der Waals surface area contributed by atoms with Crippen LogP contribution in [-0.4, -0.2) is 60.1 Å². The second kappa shape index (κ2) is 8.11. The second-order valence-corrected chi connectivity index (χ2v) is 7.29. The van der Waals surface area contributed by atoms with Gasteiger partial charge >= 0.3 is 0 Å². The number of rotatable bonds is 5. The predicted octanol–water partition coefficient (Wildman–Crippen LogP) is 2.54. The average Bonchev–Trinajstić information content (AvgIpc) is 2.62. The van der Waals surface area contributed by atoms with E-state index < -0.39 is 0 Å². The average molecular weight is 346 g/mol. The summed E-state index contributed by atoms with van der Waals surface area (Å²) in [6, 6.07) is 6.53. The molecule has 0 aromatic heterocycles. The first kappa shape index (κ1) is 18.1. The summed E-state index contributed by atoms with van der Waals surface area (Å²) in [6.45, 7) is 4.27. The maximum atomic E-state index is 12.9. The molecule has 2 saturated heterocycles. The van der Waals surface area contributed by atoms with E-state index in [-0.39, 0.29) is 23.7 Å². The summed E-state index contributed by atoms with van der Waals surface area (Å²) in [6.07, 6.45) is 7.97. The molecule has 1 spiro atoms. The maximum absolute atomic E-state index is 12.9. The Balaban J connectivity index is 1.48. The number of hydrogen-bond donors (Lipinski definition) is 1. The van der Waals surface area contributed by atoms with Crippen LogP contribution in [0, 0.1) is 11.2 Å². The van der Waals surface area contributed by atoms with Gasteiger partial charge in [0.25, 0.3) is 0 Å². The summed E-state index contributed by atoms with van der Waals surface area (Å²) in [5, 5.41) is 9.14. The number of piperidine rings is 2. The molecule has 25 heavy (non-hydrogen) atoms. The number of amides is 1. The highest BCUT2D eigenvalue weighted by molar-refractivity contribution is 5.77. The predicted molar refractivity (Wildman–Crippen MR) is 96.4 cm³/mol. The number of halogens is 1. The Labute approximate surface area is 148 Å². The smallest absolute Gasteiger partial charge is 0.222 e. The Morgan fingerprint density at radius 1 is 1.16 bits per heavy atom. The SMILES string of the molecule is O=C1CCC2(CCN(CC=Cc3ccc(F)cc3)CC2)CN1CCO. The van der Waals surface area contributed by atoms with Gasteiger partial charge in [-0.3, -0.25) is 9.69 Å². The molecule has 0 saturated carbocycles. The number of aliphatic hydroxyl groups excluding tert-OH is 1. The number of aliphatic hydroxyl groups is 1. The third kappa shape index (κ3) is 4.67. The van der Waals surface area contributed by atoms with Gasteiger partial charge in [-0.25, -0.2) is 4.39 Å². The Hall–Kier alpha value is -1.72.